The van der Waals surface area contributed by atoms with Gasteiger partial charge in [0, 0.05) is 38.9 Å². The number of likely N-dealkylation sites (N-methyl/N-ethyl adjacent to an activating group) is 1. The van der Waals surface area contributed by atoms with Gasteiger partial charge in [0.25, 0.3) is 15.9 Å². The molecule has 1 aliphatic carbocycles. The fraction of sp³-hybridized carbons (Fsp3) is 0.514. The van der Waals surface area contributed by atoms with Crippen molar-refractivity contribution in [2.24, 2.45) is 11.3 Å². The van der Waals surface area contributed by atoms with E-state index in [4.69, 9.17) is 0 Å². The number of rotatable bonds is 15. The fourth-order valence-corrected chi connectivity index (χ4v) is 7.72. The van der Waals surface area contributed by atoms with Crippen LogP contribution in [0.4, 0.5) is 4.79 Å². The van der Waals surface area contributed by atoms with Gasteiger partial charge in [-0.1, -0.05) is 64.1 Å². The summed E-state index contributed by atoms with van der Waals surface area (Å²) >= 11 is 0. The van der Waals surface area contributed by atoms with Crippen LogP contribution < -0.4 is 21.3 Å². The quantitative estimate of drug-likeness (QED) is 0.158. The van der Waals surface area contributed by atoms with Gasteiger partial charge in [-0.05, 0) is 66.7 Å². The Balaban J connectivity index is 1.54. The summed E-state index contributed by atoms with van der Waals surface area (Å²) in [6.45, 7) is 11.1. The molecule has 282 valence electrons. The number of nitrogens with zero attached hydrogens (tertiary/aromatic N) is 3. The molecule has 1 unspecified atom stereocenters. The highest BCUT2D eigenvalue weighted by molar-refractivity contribution is 7.89. The number of sulfonamides is 1. The monoisotopic (exact) mass is 737 g/mol. The smallest absolute Gasteiger partial charge is 0.315 e. The summed E-state index contributed by atoms with van der Waals surface area (Å²) in [5, 5.41) is 10.8. The molecule has 1 saturated heterocycles. The highest BCUT2D eigenvalue weighted by Gasteiger charge is 2.43. The first kappa shape index (κ1) is 40.1. The number of aromatic nitrogens is 1. The van der Waals surface area contributed by atoms with Crippen LogP contribution in [0.25, 0.3) is 0 Å². The Morgan fingerprint density at radius 3 is 2.25 bits per heavy atom. The Morgan fingerprint density at radius 2 is 1.67 bits per heavy atom. The number of carbonyl (C=O) groups is 5. The second-order valence-electron chi connectivity index (χ2n) is 14.4. The summed E-state index contributed by atoms with van der Waals surface area (Å²) in [4.78, 5) is 72.4. The maximum absolute atomic E-state index is 14.5. The fourth-order valence-electron chi connectivity index (χ4n) is 6.61. The van der Waals surface area contributed by atoms with Gasteiger partial charge in [-0.2, -0.15) is 4.31 Å². The van der Waals surface area contributed by atoms with Gasteiger partial charge in [0.15, 0.2) is 5.03 Å². The van der Waals surface area contributed by atoms with E-state index in [1.54, 1.807) is 19.1 Å². The average Bonchev–Trinajstić information content (AvgIpc) is 3.79. The topological polar surface area (TPSA) is 187 Å². The van der Waals surface area contributed by atoms with Crippen molar-refractivity contribution in [1.82, 2.24) is 35.5 Å². The van der Waals surface area contributed by atoms with Gasteiger partial charge in [0.05, 0.1) is 6.04 Å². The van der Waals surface area contributed by atoms with E-state index in [1.807, 2.05) is 45.0 Å². The molecule has 2 aliphatic rings. The van der Waals surface area contributed by atoms with E-state index >= 15 is 0 Å². The zero-order valence-electron chi connectivity index (χ0n) is 30.6. The lowest BCUT2D eigenvalue weighted by atomic mass is 9.86. The number of urea groups is 1. The number of hydrogen-bond acceptors (Lipinski definition) is 8. The lowest BCUT2D eigenvalue weighted by Gasteiger charge is -2.36. The zero-order valence-corrected chi connectivity index (χ0v) is 31.4. The molecule has 5 amide bonds. The summed E-state index contributed by atoms with van der Waals surface area (Å²) in [6, 6.07) is 8.10. The van der Waals surface area contributed by atoms with Crippen LogP contribution in [-0.2, 0) is 42.0 Å². The number of likely N-dealkylation sites (tertiary alicyclic amines) is 1. The number of fused-ring (bicyclic) bond motifs is 1. The van der Waals surface area contributed by atoms with Gasteiger partial charge in [-0.15, -0.1) is 6.58 Å². The third kappa shape index (κ3) is 9.62. The average molecular weight is 738 g/mol. The summed E-state index contributed by atoms with van der Waals surface area (Å²) in [5.41, 5.74) is 1.54. The van der Waals surface area contributed by atoms with E-state index in [0.29, 0.717) is 25.7 Å². The maximum Gasteiger partial charge on any atom is 0.315 e. The van der Waals surface area contributed by atoms with Crippen molar-refractivity contribution in [2.75, 3.05) is 26.7 Å². The predicted octanol–water partition coefficient (Wildman–Crippen LogP) is 1.96. The number of Topliss-reactive ketones (excluding diaryl/α,β-unsaturated/α-hetero) is 1. The molecule has 14 nitrogen and oxygen atoms in total. The van der Waals surface area contributed by atoms with Gasteiger partial charge < -0.3 is 26.2 Å². The largest absolute Gasteiger partial charge is 0.346 e. The number of benzene rings is 1. The number of nitrogens with one attached hydrogen (secondary N) is 4. The summed E-state index contributed by atoms with van der Waals surface area (Å²) in [7, 11) is -2.53. The van der Waals surface area contributed by atoms with Gasteiger partial charge in [0.2, 0.25) is 17.6 Å². The molecule has 4 rings (SSSR count). The molecule has 4 N–H and O–H groups in total. The molecule has 52 heavy (non-hydrogen) atoms. The molecule has 4 atom stereocenters. The third-order valence-electron chi connectivity index (χ3n) is 9.72. The number of pyridine rings is 1. The minimum absolute atomic E-state index is 0.0688. The van der Waals surface area contributed by atoms with Crippen LogP contribution in [0.3, 0.4) is 0 Å². The van der Waals surface area contributed by atoms with Crippen molar-refractivity contribution < 1.29 is 32.4 Å². The number of carbonyl (C=O) groups excluding carboxylic acids is 5. The first-order valence-corrected chi connectivity index (χ1v) is 19.1. The van der Waals surface area contributed by atoms with Crippen LogP contribution >= 0.6 is 0 Å². The summed E-state index contributed by atoms with van der Waals surface area (Å²) < 4.78 is 27.7. The zero-order chi connectivity index (χ0) is 38.2. The molecule has 1 fully saturated rings. The number of amides is 5. The van der Waals surface area contributed by atoms with Crippen LogP contribution in [0.1, 0.15) is 58.1 Å². The first-order chi connectivity index (χ1) is 24.6. The minimum atomic E-state index is -3.96. The third-order valence-corrected chi connectivity index (χ3v) is 11.5. The Hall–Kier alpha value is -4.63. The predicted molar refractivity (Wildman–Crippen MR) is 195 cm³/mol. The van der Waals surface area contributed by atoms with Crippen molar-refractivity contribution in [3.8, 4) is 0 Å². The molecule has 0 radical (unpaired) electrons. The molecule has 1 aromatic carbocycles. The normalized spacial score (nSPS) is 17.8. The van der Waals surface area contributed by atoms with Crippen LogP contribution in [0.5, 0.6) is 0 Å². The highest BCUT2D eigenvalue weighted by Crippen LogP contribution is 2.31. The summed E-state index contributed by atoms with van der Waals surface area (Å²) in [5.74, 6) is -2.93. The number of hydrogen-bond donors (Lipinski definition) is 4. The van der Waals surface area contributed by atoms with Crippen LogP contribution in [0, 0.1) is 11.3 Å². The van der Waals surface area contributed by atoms with E-state index in [0.717, 1.165) is 15.4 Å². The number of ketones is 1. The first-order valence-electron chi connectivity index (χ1n) is 17.6. The molecular weight excluding hydrogens is 687 g/mol. The molecular formula is C37H51N7O7S. The highest BCUT2D eigenvalue weighted by atomic mass is 32.2. The molecule has 2 aromatic rings. The van der Waals surface area contributed by atoms with E-state index in [-0.39, 0.29) is 37.0 Å². The standard InChI is InChI=1S/C37H51N7O7S/c1-7-18-39-34(47)32(45)27(8-2)40-33(46)28-16-13-20-44(28)35(48)31(26-21-24-14-9-10-15-25(24)22-26)42-36(49)41-29(37(3,4)5)23-43(6)52(50,51)30-17-11-12-19-38-30/h7,9-12,14-15,17,19,26-29,31H,1,8,13,16,18,20-23H2,2-6H3,(H,39,47)(H,40,46)(H2,41,42,49)/t27?,28-,29+,31-/m0/s1. The second kappa shape index (κ2) is 17.3. The van der Waals surface area contributed by atoms with Crippen LogP contribution in [0.2, 0.25) is 0 Å². The molecule has 0 saturated carbocycles. The van der Waals surface area contributed by atoms with E-state index < -0.39 is 69.1 Å². The van der Waals surface area contributed by atoms with Gasteiger partial charge >= 0.3 is 6.03 Å². The van der Waals surface area contributed by atoms with E-state index in [1.165, 1.54) is 30.3 Å². The molecule has 0 spiro atoms. The molecule has 1 aromatic heterocycles. The minimum Gasteiger partial charge on any atom is -0.346 e. The molecule has 2 heterocycles. The molecule has 15 heteroatoms. The lowest BCUT2D eigenvalue weighted by Crippen LogP contribution is -2.60. The maximum atomic E-state index is 14.5. The van der Waals surface area contributed by atoms with Gasteiger partial charge in [0.1, 0.15) is 12.1 Å². The Morgan fingerprint density at radius 1 is 1.02 bits per heavy atom. The summed E-state index contributed by atoms with van der Waals surface area (Å²) in [6.07, 6.45) is 4.93. The van der Waals surface area contributed by atoms with Crippen molar-refractivity contribution in [1.29, 1.82) is 0 Å². The Bertz CT molecular complexity index is 1720. The lowest BCUT2D eigenvalue weighted by molar-refractivity contribution is -0.143. The van der Waals surface area contributed by atoms with Crippen molar-refractivity contribution in [3.63, 3.8) is 0 Å². The Labute approximate surface area is 306 Å². The van der Waals surface area contributed by atoms with Crippen LogP contribution in [-0.4, -0.2) is 103 Å². The second-order valence-corrected chi connectivity index (χ2v) is 16.4. The SMILES string of the molecule is C=CCNC(=O)C(=O)C(CC)NC(=O)[C@@H]1CCCN1C(=O)[C@@H](NC(=O)N[C@H](CN(C)S(=O)(=O)c1ccccn1)C(C)(C)C)C1Cc2ccccc2C1. The van der Waals surface area contributed by atoms with Crippen molar-refractivity contribution in [2.45, 2.75) is 89.0 Å². The molecule has 1 aliphatic heterocycles. The van der Waals surface area contributed by atoms with E-state index in [9.17, 15) is 32.4 Å². The van der Waals surface area contributed by atoms with Gasteiger partial charge in [-0.25, -0.2) is 18.2 Å². The van der Waals surface area contributed by atoms with Gasteiger partial charge in [-0.3, -0.25) is 19.2 Å². The van der Waals surface area contributed by atoms with E-state index in [2.05, 4.69) is 32.8 Å². The molecule has 0 bridgehead atoms. The van der Waals surface area contributed by atoms with Crippen molar-refractivity contribution >= 4 is 39.6 Å². The van der Waals surface area contributed by atoms with Crippen molar-refractivity contribution in [3.05, 3.63) is 72.4 Å². The Kier molecular flexibility index (Phi) is 13.3. The van der Waals surface area contributed by atoms with Crippen LogP contribution in [0.15, 0.2) is 66.3 Å².